The van der Waals surface area contributed by atoms with Gasteiger partial charge in [-0.15, -0.1) is 0 Å². The van der Waals surface area contributed by atoms with Crippen LogP contribution in [0.4, 0.5) is 31.8 Å². The zero-order valence-corrected chi connectivity index (χ0v) is 13.4. The molecular formula is C16H10F2N6S. The Morgan fingerprint density at radius 2 is 1.04 bits per heavy atom. The molecular weight excluding hydrogens is 346 g/mol. The Hall–Kier alpha value is -3.20. The molecule has 124 valence electrons. The Morgan fingerprint density at radius 3 is 1.44 bits per heavy atom. The summed E-state index contributed by atoms with van der Waals surface area (Å²) in [5.74, 6) is 0.133. The summed E-state index contributed by atoms with van der Waals surface area (Å²) in [5.41, 5.74) is 2.08. The largest absolute Gasteiger partial charge is 0.337 e. The fourth-order valence-corrected chi connectivity index (χ4v) is 2.59. The van der Waals surface area contributed by atoms with E-state index in [-0.39, 0.29) is 11.6 Å². The van der Waals surface area contributed by atoms with E-state index in [1.165, 1.54) is 24.3 Å². The van der Waals surface area contributed by atoms with Crippen LogP contribution in [-0.2, 0) is 0 Å². The van der Waals surface area contributed by atoms with Crippen LogP contribution < -0.4 is 10.6 Å². The molecule has 4 aromatic rings. The maximum atomic E-state index is 13.1. The lowest BCUT2D eigenvalue weighted by molar-refractivity contribution is 0.627. The van der Waals surface area contributed by atoms with Gasteiger partial charge in [-0.1, -0.05) is 0 Å². The highest BCUT2D eigenvalue weighted by Crippen LogP contribution is 2.27. The van der Waals surface area contributed by atoms with Gasteiger partial charge in [0.2, 0.25) is 11.3 Å². The molecule has 0 unspecified atom stereocenters. The van der Waals surface area contributed by atoms with Crippen molar-refractivity contribution in [1.82, 2.24) is 18.7 Å². The minimum absolute atomic E-state index is 0.333. The predicted octanol–water partition coefficient (Wildman–Crippen LogP) is 4.25. The lowest BCUT2D eigenvalue weighted by Crippen LogP contribution is -2.03. The number of aromatic nitrogens is 4. The molecule has 0 radical (unpaired) electrons. The van der Waals surface area contributed by atoms with Gasteiger partial charge in [-0.05, 0) is 48.5 Å². The van der Waals surface area contributed by atoms with Crippen molar-refractivity contribution >= 4 is 46.0 Å². The summed E-state index contributed by atoms with van der Waals surface area (Å²) < 4.78 is 34.3. The van der Waals surface area contributed by atoms with Crippen LogP contribution in [0.25, 0.3) is 11.3 Å². The third-order valence-corrected chi connectivity index (χ3v) is 3.84. The molecule has 0 saturated heterocycles. The molecule has 9 heteroatoms. The van der Waals surface area contributed by atoms with E-state index < -0.39 is 0 Å². The van der Waals surface area contributed by atoms with Gasteiger partial charge in [0.25, 0.3) is 0 Å². The summed E-state index contributed by atoms with van der Waals surface area (Å²) in [5, 5.41) is 6.15. The first-order valence-electron chi connectivity index (χ1n) is 7.23. The summed E-state index contributed by atoms with van der Waals surface area (Å²) in [6.07, 6.45) is 0. The van der Waals surface area contributed by atoms with E-state index >= 15 is 0 Å². The maximum absolute atomic E-state index is 13.1. The standard InChI is InChI=1S/C16H10F2N6S/c17-9-1-5-11(6-2-9)19-13-14(20-12-7-3-10(18)4-8-12)22-16-15(21-13)23-25-24-16/h1-8H,(H,19,21,23)(H,20,22,24). The molecule has 0 aliphatic rings. The normalized spacial score (nSPS) is 10.8. The van der Waals surface area contributed by atoms with E-state index in [0.717, 1.165) is 11.7 Å². The zero-order valence-electron chi connectivity index (χ0n) is 12.6. The fraction of sp³-hybridized carbons (Fsp3) is 0. The van der Waals surface area contributed by atoms with Crippen molar-refractivity contribution in [1.29, 1.82) is 0 Å². The van der Waals surface area contributed by atoms with Gasteiger partial charge in [0.15, 0.2) is 11.6 Å². The van der Waals surface area contributed by atoms with Crippen LogP contribution in [0, 0.1) is 11.6 Å². The second-order valence-electron chi connectivity index (χ2n) is 5.10. The molecule has 2 aromatic heterocycles. The Kier molecular flexibility index (Phi) is 3.90. The molecule has 0 amide bonds. The summed E-state index contributed by atoms with van der Waals surface area (Å²) in [6.45, 7) is 0. The quantitative estimate of drug-likeness (QED) is 0.569. The molecule has 25 heavy (non-hydrogen) atoms. The number of benzene rings is 2. The van der Waals surface area contributed by atoms with Crippen molar-refractivity contribution < 1.29 is 8.78 Å². The van der Waals surface area contributed by atoms with Gasteiger partial charge in [0.1, 0.15) is 11.6 Å². The average molecular weight is 356 g/mol. The van der Waals surface area contributed by atoms with Gasteiger partial charge in [0, 0.05) is 11.4 Å². The third kappa shape index (κ3) is 3.36. The summed E-state index contributed by atoms with van der Waals surface area (Å²) in [6, 6.07) is 11.7. The number of fused-ring (bicyclic) bond motifs is 1. The maximum Gasteiger partial charge on any atom is 0.214 e. The molecule has 0 fully saturated rings. The number of anilines is 4. The Morgan fingerprint density at radius 1 is 0.640 bits per heavy atom. The van der Waals surface area contributed by atoms with Crippen LogP contribution in [0.15, 0.2) is 48.5 Å². The van der Waals surface area contributed by atoms with Gasteiger partial charge in [-0.3, -0.25) is 0 Å². The second kappa shape index (κ2) is 6.36. The van der Waals surface area contributed by atoms with Crippen molar-refractivity contribution in [3.63, 3.8) is 0 Å². The second-order valence-corrected chi connectivity index (χ2v) is 5.62. The van der Waals surface area contributed by atoms with Crippen molar-refractivity contribution in [3.05, 3.63) is 60.2 Å². The first-order chi connectivity index (χ1) is 12.2. The van der Waals surface area contributed by atoms with Crippen LogP contribution >= 0.6 is 11.7 Å². The third-order valence-electron chi connectivity index (χ3n) is 3.33. The number of nitrogens with zero attached hydrogens (tertiary/aromatic N) is 4. The lowest BCUT2D eigenvalue weighted by atomic mass is 10.3. The highest BCUT2D eigenvalue weighted by Gasteiger charge is 2.12. The van der Waals surface area contributed by atoms with E-state index in [9.17, 15) is 8.78 Å². The van der Waals surface area contributed by atoms with E-state index in [4.69, 9.17) is 0 Å². The average Bonchev–Trinajstić information content (AvgIpc) is 3.06. The molecule has 2 aromatic carbocycles. The van der Waals surface area contributed by atoms with Crippen molar-refractivity contribution in [2.24, 2.45) is 0 Å². The molecule has 0 atom stereocenters. The first kappa shape index (κ1) is 15.3. The summed E-state index contributed by atoms with van der Waals surface area (Å²) in [7, 11) is 0. The lowest BCUT2D eigenvalue weighted by Gasteiger charge is -2.12. The van der Waals surface area contributed by atoms with Gasteiger partial charge < -0.3 is 10.6 Å². The Balaban J connectivity index is 1.72. The summed E-state index contributed by atoms with van der Waals surface area (Å²) >= 11 is 1.01. The van der Waals surface area contributed by atoms with Crippen LogP contribution in [0.2, 0.25) is 0 Å². The number of halogens is 2. The first-order valence-corrected chi connectivity index (χ1v) is 7.96. The smallest absolute Gasteiger partial charge is 0.214 e. The van der Waals surface area contributed by atoms with Gasteiger partial charge in [-0.2, -0.15) is 8.75 Å². The molecule has 0 saturated carbocycles. The van der Waals surface area contributed by atoms with Crippen molar-refractivity contribution in [3.8, 4) is 0 Å². The van der Waals surface area contributed by atoms with Crippen molar-refractivity contribution in [2.45, 2.75) is 0 Å². The Labute approximate surface area is 144 Å². The number of nitrogens with one attached hydrogen (secondary N) is 2. The molecule has 2 heterocycles. The van der Waals surface area contributed by atoms with Crippen LogP contribution in [0.1, 0.15) is 0 Å². The molecule has 0 bridgehead atoms. The molecule has 2 N–H and O–H groups in total. The van der Waals surface area contributed by atoms with E-state index in [1.807, 2.05) is 0 Å². The SMILES string of the molecule is Fc1ccc(Nc2nc3nsnc3nc2Nc2ccc(F)cc2)cc1. The highest BCUT2D eigenvalue weighted by molar-refractivity contribution is 6.99. The van der Waals surface area contributed by atoms with Gasteiger partial charge in [0.05, 0.1) is 11.7 Å². The number of hydrogen-bond acceptors (Lipinski definition) is 7. The van der Waals surface area contributed by atoms with Crippen molar-refractivity contribution in [2.75, 3.05) is 10.6 Å². The Bertz CT molecular complexity index is 936. The zero-order chi connectivity index (χ0) is 17.2. The predicted molar refractivity (Wildman–Crippen MR) is 92.4 cm³/mol. The minimum Gasteiger partial charge on any atom is -0.337 e. The minimum atomic E-state index is -0.333. The van der Waals surface area contributed by atoms with Crippen LogP contribution in [0.3, 0.4) is 0 Å². The van der Waals surface area contributed by atoms with E-state index in [1.54, 1.807) is 24.3 Å². The van der Waals surface area contributed by atoms with E-state index in [2.05, 4.69) is 29.3 Å². The molecule has 4 rings (SSSR count). The molecule has 0 aliphatic heterocycles. The highest BCUT2D eigenvalue weighted by atomic mass is 32.1. The van der Waals surface area contributed by atoms with Crippen LogP contribution in [-0.4, -0.2) is 18.7 Å². The monoisotopic (exact) mass is 356 g/mol. The van der Waals surface area contributed by atoms with Gasteiger partial charge >= 0.3 is 0 Å². The topological polar surface area (TPSA) is 75.6 Å². The summed E-state index contributed by atoms with van der Waals surface area (Å²) in [4.78, 5) is 8.80. The van der Waals surface area contributed by atoms with Crippen LogP contribution in [0.5, 0.6) is 0 Å². The van der Waals surface area contributed by atoms with Gasteiger partial charge in [-0.25, -0.2) is 18.7 Å². The molecule has 6 nitrogen and oxygen atoms in total. The fourth-order valence-electron chi connectivity index (χ4n) is 2.15. The molecule has 0 spiro atoms. The van der Waals surface area contributed by atoms with E-state index in [0.29, 0.717) is 34.3 Å². The number of rotatable bonds is 4. The number of hydrogen-bond donors (Lipinski definition) is 2. The molecule has 0 aliphatic carbocycles.